The highest BCUT2D eigenvalue weighted by molar-refractivity contribution is 7.09. The first-order valence-electron chi connectivity index (χ1n) is 5.38. The van der Waals surface area contributed by atoms with Crippen molar-refractivity contribution in [1.82, 2.24) is 4.98 Å². The molecule has 3 nitrogen and oxygen atoms in total. The van der Waals surface area contributed by atoms with Crippen molar-refractivity contribution in [3.63, 3.8) is 0 Å². The van der Waals surface area contributed by atoms with E-state index in [1.54, 1.807) is 24.6 Å². The first-order chi connectivity index (χ1) is 7.27. The van der Waals surface area contributed by atoms with Crippen LogP contribution in [-0.2, 0) is 11.2 Å². The third kappa shape index (κ3) is 2.22. The highest BCUT2D eigenvalue weighted by Gasteiger charge is 2.40. The lowest BCUT2D eigenvalue weighted by Gasteiger charge is -2.32. The number of hydrogen-bond donors (Lipinski definition) is 1. The number of thiazole rings is 1. The largest absolute Gasteiger partial charge is 0.390 e. The van der Waals surface area contributed by atoms with Crippen molar-refractivity contribution in [1.29, 1.82) is 0 Å². The molecule has 15 heavy (non-hydrogen) atoms. The molecule has 0 saturated heterocycles. The number of aromatic nitrogens is 1. The molecule has 0 spiro atoms. The van der Waals surface area contributed by atoms with E-state index in [0.29, 0.717) is 6.42 Å². The number of aliphatic hydroxyl groups excluding tert-OH is 1. The molecule has 1 aliphatic rings. The summed E-state index contributed by atoms with van der Waals surface area (Å²) in [5.74, 6) is 0. The summed E-state index contributed by atoms with van der Waals surface area (Å²) in [6, 6.07) is 0. The summed E-state index contributed by atoms with van der Waals surface area (Å²) >= 11 is 1.59. The van der Waals surface area contributed by atoms with Crippen molar-refractivity contribution in [3.8, 4) is 0 Å². The normalized spacial score (nSPS) is 21.7. The fourth-order valence-corrected chi connectivity index (χ4v) is 3.01. The molecule has 1 unspecified atom stereocenters. The second kappa shape index (κ2) is 4.60. The van der Waals surface area contributed by atoms with Gasteiger partial charge in [-0.25, -0.2) is 4.98 Å². The van der Waals surface area contributed by atoms with Crippen molar-refractivity contribution in [3.05, 3.63) is 16.6 Å². The molecular weight excluding hydrogens is 210 g/mol. The maximum Gasteiger partial charge on any atom is 0.0951 e. The molecule has 0 amide bonds. The monoisotopic (exact) mass is 227 g/mol. The first kappa shape index (κ1) is 11.0. The van der Waals surface area contributed by atoms with Crippen LogP contribution in [0.15, 0.2) is 11.6 Å². The minimum atomic E-state index is -0.420. The van der Waals surface area contributed by atoms with Gasteiger partial charge >= 0.3 is 0 Å². The standard InChI is InChI=1S/C11H17NO2S/c1-14-11(4-2-3-5-11)9(13)8-10-12-6-7-15-10/h6-7,9,13H,2-5,8H2,1H3. The molecule has 0 aliphatic heterocycles. The van der Waals surface area contributed by atoms with Gasteiger partial charge in [-0.15, -0.1) is 11.3 Å². The van der Waals surface area contributed by atoms with Crippen LogP contribution in [0.2, 0.25) is 0 Å². The Morgan fingerprint density at radius 3 is 2.87 bits per heavy atom. The predicted octanol–water partition coefficient (Wildman–Crippen LogP) is 2.01. The van der Waals surface area contributed by atoms with Crippen molar-refractivity contribution >= 4 is 11.3 Å². The van der Waals surface area contributed by atoms with Gasteiger partial charge in [0.15, 0.2) is 0 Å². The Bertz CT molecular complexity index is 294. The zero-order valence-corrected chi connectivity index (χ0v) is 9.80. The second-order valence-electron chi connectivity index (χ2n) is 4.12. The number of nitrogens with zero attached hydrogens (tertiary/aromatic N) is 1. The van der Waals surface area contributed by atoms with Gasteiger partial charge in [0.05, 0.1) is 16.7 Å². The van der Waals surface area contributed by atoms with Crippen LogP contribution in [0.1, 0.15) is 30.7 Å². The SMILES string of the molecule is COC1(C(O)Cc2nccs2)CCCC1. The van der Waals surface area contributed by atoms with Gasteiger partial charge in [-0.2, -0.15) is 0 Å². The van der Waals surface area contributed by atoms with Crippen molar-refractivity contribution in [2.45, 2.75) is 43.8 Å². The summed E-state index contributed by atoms with van der Waals surface area (Å²) in [5.41, 5.74) is -0.314. The molecule has 4 heteroatoms. The minimum Gasteiger partial charge on any atom is -0.390 e. The van der Waals surface area contributed by atoms with E-state index in [1.165, 1.54) is 0 Å². The van der Waals surface area contributed by atoms with Crippen LogP contribution in [-0.4, -0.2) is 28.9 Å². The van der Waals surface area contributed by atoms with Crippen LogP contribution in [0.25, 0.3) is 0 Å². The van der Waals surface area contributed by atoms with Crippen LogP contribution in [0.5, 0.6) is 0 Å². The van der Waals surface area contributed by atoms with Gasteiger partial charge in [0.2, 0.25) is 0 Å². The Balaban J connectivity index is 2.02. The Hall–Kier alpha value is -0.450. The Morgan fingerprint density at radius 1 is 1.60 bits per heavy atom. The molecule has 1 heterocycles. The fraction of sp³-hybridized carbons (Fsp3) is 0.727. The molecule has 1 aliphatic carbocycles. The molecule has 1 N–H and O–H groups in total. The fourth-order valence-electron chi connectivity index (χ4n) is 2.35. The van der Waals surface area contributed by atoms with Crippen LogP contribution >= 0.6 is 11.3 Å². The molecule has 1 aromatic rings. The van der Waals surface area contributed by atoms with Crippen molar-refractivity contribution in [2.75, 3.05) is 7.11 Å². The van der Waals surface area contributed by atoms with Gasteiger partial charge < -0.3 is 9.84 Å². The second-order valence-corrected chi connectivity index (χ2v) is 5.10. The van der Waals surface area contributed by atoms with Crippen LogP contribution in [0, 0.1) is 0 Å². The van der Waals surface area contributed by atoms with Gasteiger partial charge in [-0.1, -0.05) is 12.8 Å². The summed E-state index contributed by atoms with van der Waals surface area (Å²) in [7, 11) is 1.70. The topological polar surface area (TPSA) is 42.4 Å². The number of ether oxygens (including phenoxy) is 1. The highest BCUT2D eigenvalue weighted by atomic mass is 32.1. The van der Waals surface area contributed by atoms with Crippen LogP contribution in [0.3, 0.4) is 0 Å². The van der Waals surface area contributed by atoms with Gasteiger partial charge in [0.25, 0.3) is 0 Å². The average molecular weight is 227 g/mol. The molecule has 1 saturated carbocycles. The first-order valence-corrected chi connectivity index (χ1v) is 6.26. The zero-order chi connectivity index (χ0) is 10.7. The molecule has 0 bridgehead atoms. The molecule has 1 atom stereocenters. The van der Waals surface area contributed by atoms with Crippen LogP contribution < -0.4 is 0 Å². The Morgan fingerprint density at radius 2 is 2.33 bits per heavy atom. The van der Waals surface area contributed by atoms with E-state index < -0.39 is 6.10 Å². The molecule has 1 fully saturated rings. The van der Waals surface area contributed by atoms with Gasteiger partial charge in [-0.05, 0) is 12.8 Å². The number of rotatable bonds is 4. The lowest BCUT2D eigenvalue weighted by atomic mass is 9.92. The van der Waals surface area contributed by atoms with E-state index in [4.69, 9.17) is 4.74 Å². The summed E-state index contributed by atoms with van der Waals surface area (Å²) < 4.78 is 5.54. The van der Waals surface area contributed by atoms with Gasteiger partial charge in [0, 0.05) is 25.1 Å². The van der Waals surface area contributed by atoms with Crippen LogP contribution in [0.4, 0.5) is 0 Å². The van der Waals surface area contributed by atoms with Gasteiger partial charge in [-0.3, -0.25) is 0 Å². The predicted molar refractivity (Wildman–Crippen MR) is 60.0 cm³/mol. The molecule has 2 rings (SSSR count). The smallest absolute Gasteiger partial charge is 0.0951 e. The lowest BCUT2D eigenvalue weighted by Crippen LogP contribution is -2.42. The summed E-state index contributed by atoms with van der Waals surface area (Å²) in [6.45, 7) is 0. The van der Waals surface area contributed by atoms with Crippen molar-refractivity contribution in [2.24, 2.45) is 0 Å². The Labute approximate surface area is 94.1 Å². The molecule has 1 aromatic heterocycles. The summed E-state index contributed by atoms with van der Waals surface area (Å²) in [6.07, 6.45) is 6.22. The molecule has 0 radical (unpaired) electrons. The minimum absolute atomic E-state index is 0.314. The van der Waals surface area contributed by atoms with Gasteiger partial charge in [0.1, 0.15) is 0 Å². The maximum absolute atomic E-state index is 10.2. The molecule has 84 valence electrons. The maximum atomic E-state index is 10.2. The average Bonchev–Trinajstić information content (AvgIpc) is 2.87. The third-order valence-electron chi connectivity index (χ3n) is 3.32. The molecular formula is C11H17NO2S. The van der Waals surface area contributed by atoms with E-state index in [2.05, 4.69) is 4.98 Å². The summed E-state index contributed by atoms with van der Waals surface area (Å²) in [4.78, 5) is 4.20. The highest BCUT2D eigenvalue weighted by Crippen LogP contribution is 2.36. The van der Waals surface area contributed by atoms with Crippen molar-refractivity contribution < 1.29 is 9.84 Å². The van der Waals surface area contributed by atoms with E-state index in [0.717, 1.165) is 30.7 Å². The number of hydrogen-bond acceptors (Lipinski definition) is 4. The van der Waals surface area contributed by atoms with E-state index in [9.17, 15) is 5.11 Å². The molecule has 0 aromatic carbocycles. The summed E-state index contributed by atoms with van der Waals surface area (Å²) in [5, 5.41) is 13.1. The van der Waals surface area contributed by atoms with E-state index in [-0.39, 0.29) is 5.60 Å². The van der Waals surface area contributed by atoms with E-state index >= 15 is 0 Å². The number of methoxy groups -OCH3 is 1. The Kier molecular flexibility index (Phi) is 3.38. The quantitative estimate of drug-likeness (QED) is 0.855. The lowest BCUT2D eigenvalue weighted by molar-refractivity contribution is -0.0971. The number of aliphatic hydroxyl groups is 1. The zero-order valence-electron chi connectivity index (χ0n) is 8.98. The van der Waals surface area contributed by atoms with E-state index in [1.807, 2.05) is 5.38 Å². The third-order valence-corrected chi connectivity index (χ3v) is 4.12.